The number of hydrogen-bond donors (Lipinski definition) is 0. The van der Waals surface area contributed by atoms with E-state index in [0.29, 0.717) is 17.0 Å². The summed E-state index contributed by atoms with van der Waals surface area (Å²) in [6, 6.07) is 9.77. The SMILES string of the molecule is COc1ccc(COC(=O)[C@@H]2COc3ccc(Cl)cc3C2)cc1F. The molecule has 0 saturated heterocycles. The van der Waals surface area contributed by atoms with Crippen molar-refractivity contribution in [1.29, 1.82) is 0 Å². The zero-order valence-corrected chi connectivity index (χ0v) is 13.8. The van der Waals surface area contributed by atoms with Gasteiger partial charge in [0.1, 0.15) is 19.0 Å². The van der Waals surface area contributed by atoms with Gasteiger partial charge in [0.25, 0.3) is 0 Å². The Bertz CT molecular complexity index is 763. The number of hydrogen-bond acceptors (Lipinski definition) is 4. The highest BCUT2D eigenvalue weighted by Crippen LogP contribution is 2.30. The van der Waals surface area contributed by atoms with Crippen molar-refractivity contribution < 1.29 is 23.4 Å². The van der Waals surface area contributed by atoms with Gasteiger partial charge in [-0.05, 0) is 47.9 Å². The van der Waals surface area contributed by atoms with Gasteiger partial charge in [-0.3, -0.25) is 4.79 Å². The Morgan fingerprint density at radius 3 is 2.92 bits per heavy atom. The fourth-order valence-corrected chi connectivity index (χ4v) is 2.78. The van der Waals surface area contributed by atoms with Crippen LogP contribution >= 0.6 is 11.6 Å². The van der Waals surface area contributed by atoms with Crippen molar-refractivity contribution in [2.45, 2.75) is 13.0 Å². The minimum atomic E-state index is -0.490. The second-order valence-corrected chi connectivity index (χ2v) is 5.98. The second kappa shape index (κ2) is 7.09. The van der Waals surface area contributed by atoms with Crippen LogP contribution in [0.4, 0.5) is 4.39 Å². The highest BCUT2D eigenvalue weighted by atomic mass is 35.5. The van der Waals surface area contributed by atoms with Gasteiger partial charge in [-0.2, -0.15) is 0 Å². The molecule has 6 heteroatoms. The molecule has 1 heterocycles. The van der Waals surface area contributed by atoms with Crippen LogP contribution in [0.5, 0.6) is 11.5 Å². The smallest absolute Gasteiger partial charge is 0.313 e. The lowest BCUT2D eigenvalue weighted by Gasteiger charge is -2.24. The first-order valence-corrected chi connectivity index (χ1v) is 7.85. The first kappa shape index (κ1) is 16.6. The van der Waals surface area contributed by atoms with E-state index in [9.17, 15) is 9.18 Å². The fourth-order valence-electron chi connectivity index (χ4n) is 2.59. The Morgan fingerprint density at radius 1 is 1.33 bits per heavy atom. The molecule has 4 nitrogen and oxygen atoms in total. The molecular weight excluding hydrogens is 335 g/mol. The van der Waals surface area contributed by atoms with Gasteiger partial charge in [0.05, 0.1) is 13.0 Å². The van der Waals surface area contributed by atoms with Crippen molar-refractivity contribution in [2.24, 2.45) is 5.92 Å². The lowest BCUT2D eigenvalue weighted by molar-refractivity contribution is -0.151. The molecule has 1 aliphatic rings. The van der Waals surface area contributed by atoms with E-state index in [2.05, 4.69) is 0 Å². The molecule has 2 aromatic rings. The summed E-state index contributed by atoms with van der Waals surface area (Å²) < 4.78 is 29.3. The average molecular weight is 351 g/mol. The molecule has 0 unspecified atom stereocenters. The third-order valence-electron chi connectivity index (χ3n) is 3.86. The molecule has 0 amide bonds. The van der Waals surface area contributed by atoms with Crippen LogP contribution in [0.25, 0.3) is 0 Å². The van der Waals surface area contributed by atoms with E-state index in [1.807, 2.05) is 0 Å². The monoisotopic (exact) mass is 350 g/mol. The summed E-state index contributed by atoms with van der Waals surface area (Å²) in [4.78, 5) is 12.2. The van der Waals surface area contributed by atoms with E-state index in [0.717, 1.165) is 11.3 Å². The number of methoxy groups -OCH3 is 1. The molecule has 24 heavy (non-hydrogen) atoms. The van der Waals surface area contributed by atoms with Crippen LogP contribution in [0, 0.1) is 11.7 Å². The molecule has 3 rings (SSSR count). The Hall–Kier alpha value is -2.27. The third kappa shape index (κ3) is 3.62. The molecule has 1 atom stereocenters. The normalized spacial score (nSPS) is 16.0. The number of carbonyl (C=O) groups is 1. The predicted molar refractivity (Wildman–Crippen MR) is 86.9 cm³/mol. The minimum absolute atomic E-state index is 0.00134. The first-order chi connectivity index (χ1) is 11.6. The number of benzene rings is 2. The number of esters is 1. The van der Waals surface area contributed by atoms with Crippen LogP contribution in [0.3, 0.4) is 0 Å². The summed E-state index contributed by atoms with van der Waals surface area (Å²) in [7, 11) is 1.39. The largest absolute Gasteiger partial charge is 0.494 e. The molecular formula is C18H16ClFO4. The number of ether oxygens (including phenoxy) is 3. The summed E-state index contributed by atoms with van der Waals surface area (Å²) in [6.07, 6.45) is 0.506. The standard InChI is InChI=1S/C18H16ClFO4/c1-22-17-4-2-11(6-15(17)20)9-24-18(21)13-7-12-8-14(19)3-5-16(12)23-10-13/h2-6,8,13H,7,9-10H2,1H3/t13-/m0/s1. The van der Waals surface area contributed by atoms with Gasteiger partial charge >= 0.3 is 5.97 Å². The Kier molecular flexibility index (Phi) is 4.90. The maximum Gasteiger partial charge on any atom is 0.313 e. The highest BCUT2D eigenvalue weighted by molar-refractivity contribution is 6.30. The van der Waals surface area contributed by atoms with Crippen LogP contribution in [0.2, 0.25) is 5.02 Å². The number of rotatable bonds is 4. The Balaban J connectivity index is 1.61. The van der Waals surface area contributed by atoms with Crippen LogP contribution in [0.15, 0.2) is 36.4 Å². The van der Waals surface area contributed by atoms with E-state index in [-0.39, 0.29) is 24.9 Å². The summed E-state index contributed by atoms with van der Waals surface area (Å²) in [5.41, 5.74) is 1.44. The van der Waals surface area contributed by atoms with Gasteiger partial charge in [0, 0.05) is 5.02 Å². The molecule has 0 saturated carbocycles. The van der Waals surface area contributed by atoms with Gasteiger partial charge in [-0.1, -0.05) is 17.7 Å². The molecule has 126 valence electrons. The van der Waals surface area contributed by atoms with Crippen molar-refractivity contribution in [1.82, 2.24) is 0 Å². The van der Waals surface area contributed by atoms with E-state index >= 15 is 0 Å². The fraction of sp³-hybridized carbons (Fsp3) is 0.278. The Morgan fingerprint density at radius 2 is 2.17 bits per heavy atom. The van der Waals surface area contributed by atoms with Crippen molar-refractivity contribution in [3.05, 3.63) is 58.4 Å². The van der Waals surface area contributed by atoms with E-state index < -0.39 is 11.7 Å². The van der Waals surface area contributed by atoms with Crippen molar-refractivity contribution in [2.75, 3.05) is 13.7 Å². The van der Waals surface area contributed by atoms with Crippen molar-refractivity contribution >= 4 is 17.6 Å². The topological polar surface area (TPSA) is 44.8 Å². The summed E-state index contributed by atoms with van der Waals surface area (Å²) >= 11 is 5.97. The quantitative estimate of drug-likeness (QED) is 0.787. The molecule has 0 N–H and O–H groups in total. The molecule has 0 aliphatic carbocycles. The van der Waals surface area contributed by atoms with Crippen LogP contribution in [-0.2, 0) is 22.6 Å². The van der Waals surface area contributed by atoms with Crippen LogP contribution < -0.4 is 9.47 Å². The highest BCUT2D eigenvalue weighted by Gasteiger charge is 2.27. The van der Waals surface area contributed by atoms with Gasteiger partial charge in [-0.15, -0.1) is 0 Å². The van der Waals surface area contributed by atoms with Crippen molar-refractivity contribution in [3.63, 3.8) is 0 Å². The van der Waals surface area contributed by atoms with Gasteiger partial charge in [0.2, 0.25) is 0 Å². The number of halogens is 2. The Labute approximate surface area is 144 Å². The first-order valence-electron chi connectivity index (χ1n) is 7.47. The summed E-state index contributed by atoms with van der Waals surface area (Å²) in [5, 5.41) is 0.597. The third-order valence-corrected chi connectivity index (χ3v) is 4.09. The molecule has 0 aromatic heterocycles. The van der Waals surface area contributed by atoms with Crippen LogP contribution in [0.1, 0.15) is 11.1 Å². The molecule has 1 aliphatic heterocycles. The average Bonchev–Trinajstić information content (AvgIpc) is 2.59. The van der Waals surface area contributed by atoms with E-state index in [1.54, 1.807) is 24.3 Å². The maximum absolute atomic E-state index is 13.6. The number of carbonyl (C=O) groups excluding carboxylic acids is 1. The molecule has 0 spiro atoms. The zero-order valence-electron chi connectivity index (χ0n) is 13.1. The molecule has 2 aromatic carbocycles. The maximum atomic E-state index is 13.6. The van der Waals surface area contributed by atoms with Gasteiger partial charge in [0.15, 0.2) is 11.6 Å². The minimum Gasteiger partial charge on any atom is -0.494 e. The summed E-state index contributed by atoms with van der Waals surface area (Å²) in [6.45, 7) is 0.253. The molecule has 0 radical (unpaired) electrons. The summed E-state index contributed by atoms with van der Waals surface area (Å²) in [5.74, 6) is -0.383. The molecule has 0 bridgehead atoms. The lowest BCUT2D eigenvalue weighted by Crippen LogP contribution is -2.29. The number of fused-ring (bicyclic) bond motifs is 1. The zero-order chi connectivity index (χ0) is 17.1. The van der Waals surface area contributed by atoms with Gasteiger partial charge < -0.3 is 14.2 Å². The lowest BCUT2D eigenvalue weighted by atomic mass is 9.97. The van der Waals surface area contributed by atoms with E-state index in [1.165, 1.54) is 19.2 Å². The van der Waals surface area contributed by atoms with E-state index in [4.69, 9.17) is 25.8 Å². The van der Waals surface area contributed by atoms with Gasteiger partial charge in [-0.25, -0.2) is 4.39 Å². The van der Waals surface area contributed by atoms with Crippen molar-refractivity contribution in [3.8, 4) is 11.5 Å². The second-order valence-electron chi connectivity index (χ2n) is 5.54. The molecule has 0 fully saturated rings. The van der Waals surface area contributed by atoms with Crippen LogP contribution in [-0.4, -0.2) is 19.7 Å². The predicted octanol–water partition coefficient (Wildman–Crippen LogP) is 3.78.